The predicted molar refractivity (Wildman–Crippen MR) is 91.2 cm³/mol. The molecular weight excluding hydrogens is 318 g/mol. The number of amides is 2. The van der Waals surface area contributed by atoms with E-state index in [2.05, 4.69) is 10.1 Å². The monoisotopic (exact) mass is 339 g/mol. The normalized spacial score (nSPS) is 23.0. The summed E-state index contributed by atoms with van der Waals surface area (Å²) in [6.45, 7) is 3.80. The first kappa shape index (κ1) is 15.8. The van der Waals surface area contributed by atoms with Crippen LogP contribution in [0.15, 0.2) is 30.6 Å². The van der Waals surface area contributed by atoms with Gasteiger partial charge in [-0.2, -0.15) is 5.10 Å². The molecule has 2 saturated heterocycles. The summed E-state index contributed by atoms with van der Waals surface area (Å²) in [6, 6.07) is 5.58. The van der Waals surface area contributed by atoms with Crippen molar-refractivity contribution in [2.24, 2.45) is 11.8 Å². The van der Waals surface area contributed by atoms with Crippen LogP contribution in [0.3, 0.4) is 0 Å². The quantitative estimate of drug-likeness (QED) is 0.822. The van der Waals surface area contributed by atoms with Gasteiger partial charge in [-0.3, -0.25) is 9.59 Å². The Balaban J connectivity index is 1.57. The second-order valence-corrected chi connectivity index (χ2v) is 6.87. The molecule has 0 N–H and O–H groups in total. The fraction of sp³-hybridized carbons (Fsp3) is 0.444. The summed E-state index contributed by atoms with van der Waals surface area (Å²) in [7, 11) is 1.84. The molecule has 2 atom stereocenters. The highest BCUT2D eigenvalue weighted by molar-refractivity contribution is 5.96. The van der Waals surface area contributed by atoms with Crippen molar-refractivity contribution >= 4 is 11.8 Å². The molecule has 4 rings (SSSR count). The van der Waals surface area contributed by atoms with E-state index >= 15 is 0 Å². The molecule has 0 spiro atoms. The molecule has 7 nitrogen and oxygen atoms in total. The van der Waals surface area contributed by atoms with Crippen molar-refractivity contribution in [1.29, 1.82) is 0 Å². The van der Waals surface area contributed by atoms with Crippen LogP contribution in [0.2, 0.25) is 0 Å². The first-order chi connectivity index (χ1) is 12.1. The number of aromatic nitrogens is 3. The van der Waals surface area contributed by atoms with E-state index in [0.29, 0.717) is 24.5 Å². The Morgan fingerprint density at radius 2 is 2.12 bits per heavy atom. The molecule has 0 aliphatic carbocycles. The van der Waals surface area contributed by atoms with E-state index < -0.39 is 0 Å². The zero-order valence-corrected chi connectivity index (χ0v) is 14.4. The molecule has 0 radical (unpaired) electrons. The van der Waals surface area contributed by atoms with Crippen molar-refractivity contribution in [3.63, 3.8) is 0 Å². The maximum atomic E-state index is 13.0. The summed E-state index contributed by atoms with van der Waals surface area (Å²) in [6.07, 6.45) is 4.26. The number of carbonyl (C=O) groups excluding carboxylic acids is 2. The first-order valence-corrected chi connectivity index (χ1v) is 8.56. The van der Waals surface area contributed by atoms with Gasteiger partial charge in [-0.1, -0.05) is 6.07 Å². The number of hydrogen-bond acceptors (Lipinski definition) is 4. The van der Waals surface area contributed by atoms with Gasteiger partial charge in [-0.25, -0.2) is 9.67 Å². The Kier molecular flexibility index (Phi) is 3.78. The largest absolute Gasteiger partial charge is 0.345 e. The third kappa shape index (κ3) is 2.59. The number of nitrogens with zero attached hydrogens (tertiary/aromatic N) is 5. The first-order valence-electron chi connectivity index (χ1n) is 8.56. The summed E-state index contributed by atoms with van der Waals surface area (Å²) >= 11 is 0. The average Bonchev–Trinajstić information content (AvgIpc) is 3.23. The van der Waals surface area contributed by atoms with Gasteiger partial charge in [-0.05, 0) is 31.4 Å². The third-order valence-electron chi connectivity index (χ3n) is 5.36. The van der Waals surface area contributed by atoms with Crippen molar-refractivity contribution < 1.29 is 9.59 Å². The van der Waals surface area contributed by atoms with Gasteiger partial charge in [0.15, 0.2) is 5.82 Å². The maximum Gasteiger partial charge on any atom is 0.257 e. The van der Waals surface area contributed by atoms with Crippen molar-refractivity contribution in [3.8, 4) is 5.82 Å². The van der Waals surface area contributed by atoms with E-state index in [1.165, 1.54) is 0 Å². The molecule has 2 aliphatic rings. The molecule has 2 aromatic rings. The Morgan fingerprint density at radius 1 is 1.28 bits per heavy atom. The van der Waals surface area contributed by atoms with Crippen LogP contribution in [0.25, 0.3) is 5.82 Å². The number of hydrogen-bond donors (Lipinski definition) is 0. The lowest BCUT2D eigenvalue weighted by atomic mass is 9.88. The van der Waals surface area contributed by atoms with Crippen molar-refractivity contribution in [2.45, 2.75) is 13.3 Å². The van der Waals surface area contributed by atoms with Gasteiger partial charge >= 0.3 is 0 Å². The van der Waals surface area contributed by atoms with Crippen LogP contribution in [-0.4, -0.2) is 63.1 Å². The Morgan fingerprint density at radius 3 is 2.88 bits per heavy atom. The van der Waals surface area contributed by atoms with E-state index in [1.54, 1.807) is 26.9 Å². The van der Waals surface area contributed by atoms with E-state index in [0.717, 1.165) is 18.7 Å². The van der Waals surface area contributed by atoms with Crippen molar-refractivity contribution in [3.05, 3.63) is 41.9 Å². The summed E-state index contributed by atoms with van der Waals surface area (Å²) in [5.74, 6) is 1.01. The summed E-state index contributed by atoms with van der Waals surface area (Å²) in [5, 5.41) is 4.33. The van der Waals surface area contributed by atoms with Gasteiger partial charge in [0.25, 0.3) is 5.91 Å². The average molecular weight is 339 g/mol. The minimum atomic E-state index is -0.0613. The minimum Gasteiger partial charge on any atom is -0.345 e. The molecule has 25 heavy (non-hydrogen) atoms. The molecule has 2 aromatic heterocycles. The van der Waals surface area contributed by atoms with Gasteiger partial charge in [0.1, 0.15) is 0 Å². The number of piperidine rings is 1. The fourth-order valence-electron chi connectivity index (χ4n) is 3.86. The number of likely N-dealkylation sites (tertiary alicyclic amines) is 2. The summed E-state index contributed by atoms with van der Waals surface area (Å²) in [4.78, 5) is 33.2. The minimum absolute atomic E-state index is 0.0514. The van der Waals surface area contributed by atoms with Gasteiger partial charge < -0.3 is 9.80 Å². The molecule has 0 saturated carbocycles. The molecule has 0 bridgehead atoms. The van der Waals surface area contributed by atoms with Gasteiger partial charge in [-0.15, -0.1) is 0 Å². The van der Waals surface area contributed by atoms with Crippen LogP contribution in [-0.2, 0) is 4.79 Å². The summed E-state index contributed by atoms with van der Waals surface area (Å²) in [5.41, 5.74) is 1.34. The van der Waals surface area contributed by atoms with Crippen LogP contribution < -0.4 is 0 Å². The van der Waals surface area contributed by atoms with E-state index in [1.807, 2.05) is 32.2 Å². The second-order valence-electron chi connectivity index (χ2n) is 6.87. The summed E-state index contributed by atoms with van der Waals surface area (Å²) < 4.78 is 1.68. The Bertz CT molecular complexity index is 816. The molecule has 2 aliphatic heterocycles. The molecule has 7 heteroatoms. The fourth-order valence-corrected chi connectivity index (χ4v) is 3.86. The lowest BCUT2D eigenvalue weighted by molar-refractivity contribution is -0.137. The van der Waals surface area contributed by atoms with E-state index in [4.69, 9.17) is 0 Å². The van der Waals surface area contributed by atoms with Crippen molar-refractivity contribution in [2.75, 3.05) is 26.7 Å². The van der Waals surface area contributed by atoms with E-state index in [9.17, 15) is 9.59 Å². The number of fused-ring (bicyclic) bond motifs is 1. The van der Waals surface area contributed by atoms with Crippen LogP contribution in [0, 0.1) is 18.8 Å². The standard InChI is InChI=1S/C18H21N5O2/c1-12-14(9-20-23(12)16-5-3-4-7-19-16)18(25)22-10-13-6-8-21(2)17(24)15(13)11-22/h3-5,7,9,13,15H,6,8,10-11H2,1-2H3/t13-,15+/m1/s1. The van der Waals surface area contributed by atoms with Crippen LogP contribution >= 0.6 is 0 Å². The zero-order chi connectivity index (χ0) is 17.6. The lowest BCUT2D eigenvalue weighted by Gasteiger charge is -2.30. The van der Waals surface area contributed by atoms with Crippen LogP contribution in [0.1, 0.15) is 22.5 Å². The molecule has 2 amide bonds. The van der Waals surface area contributed by atoms with Crippen molar-refractivity contribution in [1.82, 2.24) is 24.6 Å². The molecule has 0 unspecified atom stereocenters. The van der Waals surface area contributed by atoms with Gasteiger partial charge in [0.2, 0.25) is 5.91 Å². The molecule has 2 fully saturated rings. The molecule has 130 valence electrons. The SMILES string of the molecule is Cc1c(C(=O)N2C[C@H]3CCN(C)C(=O)[C@H]3C2)cnn1-c1ccccn1. The highest BCUT2D eigenvalue weighted by atomic mass is 16.2. The molecular formula is C18H21N5O2. The number of carbonyl (C=O) groups is 2. The smallest absolute Gasteiger partial charge is 0.257 e. The number of rotatable bonds is 2. The van der Waals surface area contributed by atoms with Gasteiger partial charge in [0, 0.05) is 32.9 Å². The highest BCUT2D eigenvalue weighted by Gasteiger charge is 2.43. The lowest BCUT2D eigenvalue weighted by Crippen LogP contribution is -2.42. The Hall–Kier alpha value is -2.70. The topological polar surface area (TPSA) is 71.3 Å². The second kappa shape index (κ2) is 5.98. The van der Waals surface area contributed by atoms with Crippen LogP contribution in [0.5, 0.6) is 0 Å². The predicted octanol–water partition coefficient (Wildman–Crippen LogP) is 1.13. The third-order valence-corrected chi connectivity index (χ3v) is 5.36. The molecule has 4 heterocycles. The number of pyridine rings is 1. The van der Waals surface area contributed by atoms with E-state index in [-0.39, 0.29) is 23.7 Å². The van der Waals surface area contributed by atoms with Crippen LogP contribution in [0.4, 0.5) is 0 Å². The van der Waals surface area contributed by atoms with Gasteiger partial charge in [0.05, 0.1) is 23.4 Å². The maximum absolute atomic E-state index is 13.0. The highest BCUT2D eigenvalue weighted by Crippen LogP contribution is 2.32. The molecule has 0 aromatic carbocycles. The Labute approximate surface area is 146 Å². The zero-order valence-electron chi connectivity index (χ0n) is 14.4.